The summed E-state index contributed by atoms with van der Waals surface area (Å²) in [5, 5.41) is 12.7. The zero-order valence-electron chi connectivity index (χ0n) is 14.9. The van der Waals surface area contributed by atoms with Crippen molar-refractivity contribution in [3.8, 4) is 0 Å². The predicted molar refractivity (Wildman–Crippen MR) is 98.4 cm³/mol. The van der Waals surface area contributed by atoms with E-state index in [1.165, 1.54) is 31.4 Å². The van der Waals surface area contributed by atoms with E-state index in [1.807, 2.05) is 16.8 Å². The van der Waals surface area contributed by atoms with Crippen LogP contribution in [-0.4, -0.2) is 38.2 Å². The topological polar surface area (TPSA) is 46.8 Å². The summed E-state index contributed by atoms with van der Waals surface area (Å²) in [4.78, 5) is 2.32. The van der Waals surface area contributed by atoms with E-state index in [-0.39, 0.29) is 24.3 Å². The molecule has 0 spiro atoms. The van der Waals surface area contributed by atoms with Crippen molar-refractivity contribution in [2.45, 2.75) is 58.0 Å². The largest absolute Gasteiger partial charge is 0.290 e. The SMILES string of the molecule is CCN(CC)C(c1ccc(F)cc1)c1nnnn1C1CCCCC1.Cl. The molecule has 0 aliphatic heterocycles. The lowest BCUT2D eigenvalue weighted by Crippen LogP contribution is -2.32. The van der Waals surface area contributed by atoms with Crippen molar-refractivity contribution in [2.24, 2.45) is 0 Å². The first-order valence-corrected chi connectivity index (χ1v) is 9.01. The first-order chi connectivity index (χ1) is 11.7. The van der Waals surface area contributed by atoms with Crippen molar-refractivity contribution in [2.75, 3.05) is 13.1 Å². The average Bonchev–Trinajstić information content (AvgIpc) is 3.10. The number of hydrogen-bond donors (Lipinski definition) is 0. The second-order valence-electron chi connectivity index (χ2n) is 6.45. The van der Waals surface area contributed by atoms with Crippen LogP contribution in [0, 0.1) is 5.82 Å². The van der Waals surface area contributed by atoms with Crippen molar-refractivity contribution < 1.29 is 4.39 Å². The maximum atomic E-state index is 13.4. The molecule has 0 amide bonds. The minimum absolute atomic E-state index is 0. The number of tetrazole rings is 1. The molecule has 2 aromatic rings. The van der Waals surface area contributed by atoms with Gasteiger partial charge in [0.25, 0.3) is 0 Å². The zero-order chi connectivity index (χ0) is 16.9. The minimum Gasteiger partial charge on any atom is -0.290 e. The van der Waals surface area contributed by atoms with Gasteiger partial charge in [-0.25, -0.2) is 9.07 Å². The van der Waals surface area contributed by atoms with Crippen molar-refractivity contribution in [3.63, 3.8) is 0 Å². The van der Waals surface area contributed by atoms with Crippen LogP contribution in [0.4, 0.5) is 4.39 Å². The van der Waals surface area contributed by atoms with E-state index >= 15 is 0 Å². The molecule has 5 nitrogen and oxygen atoms in total. The van der Waals surface area contributed by atoms with Crippen LogP contribution < -0.4 is 0 Å². The lowest BCUT2D eigenvalue weighted by Gasteiger charge is -2.31. The van der Waals surface area contributed by atoms with Crippen LogP contribution in [-0.2, 0) is 0 Å². The summed E-state index contributed by atoms with van der Waals surface area (Å²) in [5.41, 5.74) is 1.03. The summed E-state index contributed by atoms with van der Waals surface area (Å²) in [6, 6.07) is 7.05. The van der Waals surface area contributed by atoms with Gasteiger partial charge in [0.05, 0.1) is 12.1 Å². The molecule has 1 unspecified atom stereocenters. The molecule has 1 aliphatic rings. The third kappa shape index (κ3) is 4.36. The molecule has 138 valence electrons. The Labute approximate surface area is 155 Å². The summed E-state index contributed by atoms with van der Waals surface area (Å²) in [7, 11) is 0. The lowest BCUT2D eigenvalue weighted by atomic mass is 9.95. The zero-order valence-corrected chi connectivity index (χ0v) is 15.8. The fourth-order valence-electron chi connectivity index (χ4n) is 3.72. The Kier molecular flexibility index (Phi) is 7.32. The molecule has 0 saturated heterocycles. The summed E-state index contributed by atoms with van der Waals surface area (Å²) in [6.07, 6.45) is 6.02. The van der Waals surface area contributed by atoms with E-state index in [9.17, 15) is 4.39 Å². The molecular formula is C18H27ClFN5. The van der Waals surface area contributed by atoms with Crippen molar-refractivity contribution >= 4 is 12.4 Å². The Balaban J connectivity index is 0.00000225. The Morgan fingerprint density at radius 3 is 2.36 bits per heavy atom. The van der Waals surface area contributed by atoms with Crippen LogP contribution in [0.3, 0.4) is 0 Å². The summed E-state index contributed by atoms with van der Waals surface area (Å²) < 4.78 is 15.4. The number of rotatable bonds is 6. The highest BCUT2D eigenvalue weighted by molar-refractivity contribution is 5.85. The van der Waals surface area contributed by atoms with Crippen LogP contribution in [0.1, 0.15) is 69.4 Å². The number of hydrogen-bond acceptors (Lipinski definition) is 4. The first kappa shape index (κ1) is 19.8. The molecule has 1 aromatic carbocycles. The molecule has 7 heteroatoms. The Bertz CT molecular complexity index is 635. The fourth-order valence-corrected chi connectivity index (χ4v) is 3.72. The van der Waals surface area contributed by atoms with Gasteiger partial charge in [-0.05, 0) is 54.1 Å². The lowest BCUT2D eigenvalue weighted by molar-refractivity contribution is 0.223. The highest BCUT2D eigenvalue weighted by Gasteiger charge is 2.29. The van der Waals surface area contributed by atoms with Crippen LogP contribution in [0.5, 0.6) is 0 Å². The molecule has 0 radical (unpaired) electrons. The predicted octanol–water partition coefficient (Wildman–Crippen LogP) is 4.17. The summed E-state index contributed by atoms with van der Waals surface area (Å²) in [6.45, 7) is 6.04. The smallest absolute Gasteiger partial charge is 0.173 e. The summed E-state index contributed by atoms with van der Waals surface area (Å²) in [5.74, 6) is 0.654. The van der Waals surface area contributed by atoms with Gasteiger partial charge in [0.1, 0.15) is 5.82 Å². The Morgan fingerprint density at radius 2 is 1.76 bits per heavy atom. The molecule has 1 atom stereocenters. The molecular weight excluding hydrogens is 341 g/mol. The van der Waals surface area contributed by atoms with E-state index in [0.717, 1.165) is 37.3 Å². The number of nitrogens with zero attached hydrogens (tertiary/aromatic N) is 5. The van der Waals surface area contributed by atoms with Gasteiger partial charge < -0.3 is 0 Å². The molecule has 1 fully saturated rings. The first-order valence-electron chi connectivity index (χ1n) is 9.01. The van der Waals surface area contributed by atoms with Gasteiger partial charge in [-0.1, -0.05) is 45.2 Å². The number of benzene rings is 1. The second-order valence-corrected chi connectivity index (χ2v) is 6.45. The van der Waals surface area contributed by atoms with Gasteiger partial charge >= 0.3 is 0 Å². The Morgan fingerprint density at radius 1 is 1.12 bits per heavy atom. The third-order valence-corrected chi connectivity index (χ3v) is 5.05. The van der Waals surface area contributed by atoms with Crippen molar-refractivity contribution in [1.29, 1.82) is 0 Å². The molecule has 25 heavy (non-hydrogen) atoms. The monoisotopic (exact) mass is 367 g/mol. The van der Waals surface area contributed by atoms with Crippen LogP contribution in [0.25, 0.3) is 0 Å². The van der Waals surface area contributed by atoms with E-state index in [0.29, 0.717) is 6.04 Å². The maximum Gasteiger partial charge on any atom is 0.173 e. The summed E-state index contributed by atoms with van der Waals surface area (Å²) >= 11 is 0. The van der Waals surface area contributed by atoms with Crippen LogP contribution in [0.15, 0.2) is 24.3 Å². The highest BCUT2D eigenvalue weighted by atomic mass is 35.5. The molecule has 1 heterocycles. The molecule has 1 aromatic heterocycles. The van der Waals surface area contributed by atoms with Gasteiger partial charge in [-0.15, -0.1) is 17.5 Å². The normalized spacial score (nSPS) is 16.6. The van der Waals surface area contributed by atoms with Gasteiger partial charge in [-0.2, -0.15) is 0 Å². The van der Waals surface area contributed by atoms with E-state index in [2.05, 4.69) is 34.3 Å². The van der Waals surface area contributed by atoms with Gasteiger partial charge in [0.15, 0.2) is 5.82 Å². The van der Waals surface area contributed by atoms with Crippen LogP contribution >= 0.6 is 12.4 Å². The van der Waals surface area contributed by atoms with Gasteiger partial charge in [0, 0.05) is 0 Å². The molecule has 1 aliphatic carbocycles. The van der Waals surface area contributed by atoms with E-state index in [4.69, 9.17) is 0 Å². The second kappa shape index (κ2) is 9.25. The standard InChI is InChI=1S/C18H26FN5.ClH/c1-3-23(4-2)17(14-10-12-15(19)13-11-14)18-20-21-22-24(18)16-8-6-5-7-9-16;/h10-13,16-17H,3-9H2,1-2H3;1H. The molecule has 0 N–H and O–H groups in total. The number of aromatic nitrogens is 4. The molecule has 0 bridgehead atoms. The Hall–Kier alpha value is -1.53. The average molecular weight is 368 g/mol. The number of halogens is 2. The van der Waals surface area contributed by atoms with Crippen molar-refractivity contribution in [3.05, 3.63) is 41.5 Å². The third-order valence-electron chi connectivity index (χ3n) is 5.05. The van der Waals surface area contributed by atoms with Gasteiger partial charge in [-0.3, -0.25) is 4.90 Å². The van der Waals surface area contributed by atoms with Crippen LogP contribution in [0.2, 0.25) is 0 Å². The maximum absolute atomic E-state index is 13.4. The highest BCUT2D eigenvalue weighted by Crippen LogP contribution is 2.33. The molecule has 1 saturated carbocycles. The van der Waals surface area contributed by atoms with E-state index in [1.54, 1.807) is 0 Å². The van der Waals surface area contributed by atoms with Crippen molar-refractivity contribution in [1.82, 2.24) is 25.1 Å². The quantitative estimate of drug-likeness (QED) is 0.768. The fraction of sp³-hybridized carbons (Fsp3) is 0.611. The molecule has 3 rings (SSSR count). The van der Waals surface area contributed by atoms with E-state index < -0.39 is 0 Å². The minimum atomic E-state index is -0.219. The van der Waals surface area contributed by atoms with Gasteiger partial charge in [0.2, 0.25) is 0 Å².